The molecule has 3 atom stereocenters. The molecule has 2 saturated carbocycles. The number of amides is 1. The zero-order chi connectivity index (χ0) is 23.8. The monoisotopic (exact) mass is 472 g/mol. The van der Waals surface area contributed by atoms with Crippen LogP contribution in [0.2, 0.25) is 0 Å². The summed E-state index contributed by atoms with van der Waals surface area (Å²) in [5, 5.41) is 0. The average molecular weight is 473 g/mol. The van der Waals surface area contributed by atoms with Crippen molar-refractivity contribution in [2.45, 2.75) is 69.7 Å². The zero-order valence-electron chi connectivity index (χ0n) is 21.3. The molecule has 4 aliphatic rings. The van der Waals surface area contributed by atoms with Gasteiger partial charge < -0.3 is 14.5 Å². The molecule has 2 aromatic rings. The van der Waals surface area contributed by atoms with Crippen molar-refractivity contribution in [2.75, 3.05) is 33.3 Å². The summed E-state index contributed by atoms with van der Waals surface area (Å²) in [5.41, 5.74) is 4.54. The number of benzene rings is 2. The lowest BCUT2D eigenvalue weighted by Gasteiger charge is -2.40. The van der Waals surface area contributed by atoms with Gasteiger partial charge in [0.15, 0.2) is 0 Å². The average Bonchev–Trinajstić information content (AvgIpc) is 3.57. The highest BCUT2D eigenvalue weighted by molar-refractivity contribution is 5.94. The predicted octanol–water partition coefficient (Wildman–Crippen LogP) is 6.36. The molecule has 2 saturated heterocycles. The van der Waals surface area contributed by atoms with Gasteiger partial charge in [0.1, 0.15) is 5.75 Å². The van der Waals surface area contributed by atoms with Gasteiger partial charge in [-0.2, -0.15) is 0 Å². The quantitative estimate of drug-likeness (QED) is 0.508. The number of carbonyl (C=O) groups is 1. The largest absolute Gasteiger partial charge is 0.496 e. The molecule has 2 heterocycles. The minimum Gasteiger partial charge on any atom is -0.496 e. The van der Waals surface area contributed by atoms with Crippen LogP contribution in [0.25, 0.3) is 11.1 Å². The highest BCUT2D eigenvalue weighted by Gasteiger charge is 2.43. The van der Waals surface area contributed by atoms with E-state index in [4.69, 9.17) is 4.74 Å². The number of likely N-dealkylation sites (tertiary alicyclic amines) is 2. The number of rotatable bonds is 5. The van der Waals surface area contributed by atoms with E-state index >= 15 is 0 Å². The molecule has 4 heteroatoms. The third kappa shape index (κ3) is 4.62. The van der Waals surface area contributed by atoms with E-state index in [1.807, 2.05) is 17.0 Å². The van der Waals surface area contributed by atoms with Crippen LogP contribution in [-0.4, -0.2) is 55.0 Å². The molecule has 4 nitrogen and oxygen atoms in total. The first kappa shape index (κ1) is 23.1. The molecule has 2 aliphatic heterocycles. The van der Waals surface area contributed by atoms with E-state index < -0.39 is 0 Å². The fraction of sp³-hybridized carbons (Fsp3) is 0.581. The minimum absolute atomic E-state index is 0.175. The molecule has 4 fully saturated rings. The molecule has 2 bridgehead atoms. The van der Waals surface area contributed by atoms with E-state index in [0.29, 0.717) is 5.92 Å². The molecule has 2 aliphatic carbocycles. The number of fused-ring (bicyclic) bond motifs is 2. The first-order valence-corrected chi connectivity index (χ1v) is 14.0. The van der Waals surface area contributed by atoms with Gasteiger partial charge in [-0.25, -0.2) is 0 Å². The second kappa shape index (κ2) is 9.97. The smallest absolute Gasteiger partial charge is 0.253 e. The van der Waals surface area contributed by atoms with Crippen molar-refractivity contribution < 1.29 is 9.53 Å². The van der Waals surface area contributed by atoms with Crippen LogP contribution in [-0.2, 0) is 0 Å². The van der Waals surface area contributed by atoms with Crippen molar-refractivity contribution in [2.24, 2.45) is 11.8 Å². The maximum atomic E-state index is 12.9. The van der Waals surface area contributed by atoms with Gasteiger partial charge in [-0.15, -0.1) is 0 Å². The summed E-state index contributed by atoms with van der Waals surface area (Å²) in [6.45, 7) is 4.23. The maximum absolute atomic E-state index is 12.9. The van der Waals surface area contributed by atoms with Gasteiger partial charge in [-0.3, -0.25) is 4.79 Å². The molecule has 2 aromatic carbocycles. The van der Waals surface area contributed by atoms with Crippen molar-refractivity contribution in [3.05, 3.63) is 53.6 Å². The van der Waals surface area contributed by atoms with Crippen molar-refractivity contribution in [1.29, 1.82) is 0 Å². The molecule has 0 radical (unpaired) electrons. The van der Waals surface area contributed by atoms with Crippen LogP contribution in [0, 0.1) is 11.8 Å². The van der Waals surface area contributed by atoms with Crippen molar-refractivity contribution in [1.82, 2.24) is 9.80 Å². The number of hydrogen-bond acceptors (Lipinski definition) is 3. The molecule has 1 amide bonds. The summed E-state index contributed by atoms with van der Waals surface area (Å²) in [4.78, 5) is 17.7. The Morgan fingerprint density at radius 3 is 2.23 bits per heavy atom. The van der Waals surface area contributed by atoms with E-state index in [0.717, 1.165) is 55.1 Å². The molecular weight excluding hydrogens is 432 g/mol. The lowest BCUT2D eigenvalue weighted by atomic mass is 9.85. The zero-order valence-corrected chi connectivity index (χ0v) is 21.3. The molecule has 1 unspecified atom stereocenters. The Morgan fingerprint density at radius 1 is 0.829 bits per heavy atom. The van der Waals surface area contributed by atoms with Gasteiger partial charge in [0, 0.05) is 24.7 Å². The fourth-order valence-electron chi connectivity index (χ4n) is 7.52. The van der Waals surface area contributed by atoms with Gasteiger partial charge in [0.2, 0.25) is 0 Å². The minimum atomic E-state index is 0.175. The van der Waals surface area contributed by atoms with Crippen molar-refractivity contribution in [3.8, 4) is 16.9 Å². The van der Waals surface area contributed by atoms with Crippen LogP contribution in [0.4, 0.5) is 0 Å². The fourth-order valence-corrected chi connectivity index (χ4v) is 7.52. The maximum Gasteiger partial charge on any atom is 0.253 e. The predicted molar refractivity (Wildman–Crippen MR) is 141 cm³/mol. The lowest BCUT2D eigenvalue weighted by molar-refractivity contribution is 0.0724. The van der Waals surface area contributed by atoms with E-state index in [-0.39, 0.29) is 5.91 Å². The normalized spacial score (nSPS) is 27.3. The number of hydrogen-bond donors (Lipinski definition) is 0. The SMILES string of the molecule is COc1ccc(-c2ccc(C(=O)N3CCCCC3)cc2)cc1C1CCN([C@H]2C[C@H]3CCC2C3)CC1. The van der Waals surface area contributed by atoms with E-state index in [9.17, 15) is 4.79 Å². The number of nitrogens with zero attached hydrogens (tertiary/aromatic N) is 2. The molecule has 186 valence electrons. The van der Waals surface area contributed by atoms with Gasteiger partial charge >= 0.3 is 0 Å². The standard InChI is InChI=1S/C31H40N2O2/c1-35-30-12-11-26(23-7-9-25(10-8-23)31(34)33-15-3-2-4-16-33)21-28(30)24-13-17-32(18-14-24)29-20-22-5-6-27(29)19-22/h7-12,21-22,24,27,29H,2-6,13-20H2,1H3/t22-,27?,29-/m0/s1. The van der Waals surface area contributed by atoms with Crippen LogP contribution in [0.3, 0.4) is 0 Å². The molecule has 0 spiro atoms. The van der Waals surface area contributed by atoms with Crippen LogP contribution < -0.4 is 4.74 Å². The Bertz CT molecular complexity index is 1030. The van der Waals surface area contributed by atoms with Crippen LogP contribution in [0.15, 0.2) is 42.5 Å². The molecular formula is C31H40N2O2. The van der Waals surface area contributed by atoms with Crippen LogP contribution in [0.5, 0.6) is 5.75 Å². The van der Waals surface area contributed by atoms with Gasteiger partial charge in [-0.1, -0.05) is 24.6 Å². The number of carbonyl (C=O) groups excluding carboxylic acids is 1. The highest BCUT2D eigenvalue weighted by atomic mass is 16.5. The first-order chi connectivity index (χ1) is 17.2. The summed E-state index contributed by atoms with van der Waals surface area (Å²) in [6.07, 6.45) is 11.8. The molecule has 0 N–H and O–H groups in total. The Morgan fingerprint density at radius 2 is 1.57 bits per heavy atom. The van der Waals surface area contributed by atoms with Crippen molar-refractivity contribution >= 4 is 5.91 Å². The van der Waals surface area contributed by atoms with Crippen LogP contribution in [0.1, 0.15) is 79.6 Å². The van der Waals surface area contributed by atoms with E-state index in [1.54, 1.807) is 7.11 Å². The molecule has 6 rings (SSSR count). The van der Waals surface area contributed by atoms with E-state index in [2.05, 4.69) is 35.2 Å². The second-order valence-electron chi connectivity index (χ2n) is 11.4. The number of piperidine rings is 2. The Labute approximate surface area is 210 Å². The van der Waals surface area contributed by atoms with Crippen LogP contribution >= 0.6 is 0 Å². The van der Waals surface area contributed by atoms with Gasteiger partial charge in [-0.05, 0) is 123 Å². The summed E-state index contributed by atoms with van der Waals surface area (Å²) in [5.74, 6) is 3.73. The Hall–Kier alpha value is -2.33. The molecule has 0 aromatic heterocycles. The summed E-state index contributed by atoms with van der Waals surface area (Å²) >= 11 is 0. The van der Waals surface area contributed by atoms with Gasteiger partial charge in [0.05, 0.1) is 7.11 Å². The topological polar surface area (TPSA) is 32.8 Å². The Kier molecular flexibility index (Phi) is 6.58. The second-order valence-corrected chi connectivity index (χ2v) is 11.4. The summed E-state index contributed by atoms with van der Waals surface area (Å²) in [7, 11) is 1.80. The number of methoxy groups -OCH3 is 1. The van der Waals surface area contributed by atoms with Crippen molar-refractivity contribution in [3.63, 3.8) is 0 Å². The third-order valence-corrected chi connectivity index (χ3v) is 9.48. The van der Waals surface area contributed by atoms with Gasteiger partial charge in [0.25, 0.3) is 5.91 Å². The summed E-state index contributed by atoms with van der Waals surface area (Å²) < 4.78 is 5.81. The highest BCUT2D eigenvalue weighted by Crippen LogP contribution is 2.48. The number of ether oxygens (including phenoxy) is 1. The third-order valence-electron chi connectivity index (χ3n) is 9.48. The van der Waals surface area contributed by atoms with E-state index in [1.165, 1.54) is 74.7 Å². The Balaban J connectivity index is 1.15. The summed E-state index contributed by atoms with van der Waals surface area (Å²) in [6, 6.07) is 15.7. The molecule has 35 heavy (non-hydrogen) atoms. The first-order valence-electron chi connectivity index (χ1n) is 14.0. The lowest BCUT2D eigenvalue weighted by Crippen LogP contribution is -2.43.